The lowest BCUT2D eigenvalue weighted by Crippen LogP contribution is -2.49. The molecule has 4 rings (SSSR count). The maximum absolute atomic E-state index is 13.3. The fourth-order valence-corrected chi connectivity index (χ4v) is 5.88. The Labute approximate surface area is 205 Å². The van der Waals surface area contributed by atoms with Gasteiger partial charge in [-0.15, -0.1) is 0 Å². The van der Waals surface area contributed by atoms with Crippen molar-refractivity contribution >= 4 is 5.78 Å². The van der Waals surface area contributed by atoms with Crippen LogP contribution in [0.2, 0.25) is 0 Å². The van der Waals surface area contributed by atoms with Crippen molar-refractivity contribution < 1.29 is 9.90 Å². The van der Waals surface area contributed by atoms with Crippen molar-refractivity contribution in [2.24, 2.45) is 17.8 Å². The molecule has 184 valence electrons. The molecule has 0 unspecified atom stereocenters. The molecule has 0 aliphatic carbocycles. The van der Waals surface area contributed by atoms with Crippen LogP contribution in [0.4, 0.5) is 0 Å². The van der Waals surface area contributed by atoms with E-state index in [1.807, 2.05) is 12.1 Å². The molecule has 0 spiro atoms. The number of phenols is 1. The van der Waals surface area contributed by atoms with E-state index in [4.69, 9.17) is 0 Å². The molecule has 0 radical (unpaired) electrons. The molecule has 2 aromatic rings. The summed E-state index contributed by atoms with van der Waals surface area (Å²) in [4.78, 5) is 15.9. The van der Waals surface area contributed by atoms with E-state index in [9.17, 15) is 9.90 Å². The lowest BCUT2D eigenvalue weighted by atomic mass is 9.67. The van der Waals surface area contributed by atoms with Crippen molar-refractivity contribution in [3.05, 3.63) is 64.7 Å². The van der Waals surface area contributed by atoms with Crippen molar-refractivity contribution in [2.45, 2.75) is 71.9 Å². The molecule has 34 heavy (non-hydrogen) atoms. The number of phenolic OH excluding ortho intramolecular Hbond substituents is 1. The summed E-state index contributed by atoms with van der Waals surface area (Å²) in [5.74, 6) is 2.02. The molecule has 0 saturated carbocycles. The lowest BCUT2D eigenvalue weighted by Gasteiger charge is -2.46. The van der Waals surface area contributed by atoms with Gasteiger partial charge in [0.05, 0.1) is 6.04 Å². The Kier molecular flexibility index (Phi) is 7.49. The van der Waals surface area contributed by atoms with E-state index < -0.39 is 0 Å². The molecule has 2 aliphatic heterocycles. The third-order valence-corrected chi connectivity index (χ3v) is 8.68. The number of benzene rings is 2. The summed E-state index contributed by atoms with van der Waals surface area (Å²) >= 11 is 0. The summed E-state index contributed by atoms with van der Waals surface area (Å²) in [5, 5.41) is 13.1. The number of piperidine rings is 1. The van der Waals surface area contributed by atoms with E-state index >= 15 is 0 Å². The molecule has 0 bridgehead atoms. The maximum atomic E-state index is 13.3. The number of hydrogen-bond donors (Lipinski definition) is 2. The Morgan fingerprint density at radius 1 is 1.21 bits per heavy atom. The number of hydrogen-bond acceptors (Lipinski definition) is 4. The van der Waals surface area contributed by atoms with E-state index in [-0.39, 0.29) is 11.5 Å². The quantitative estimate of drug-likeness (QED) is 0.590. The number of aryl methyl sites for hydroxylation is 1. The average molecular weight is 463 g/mol. The zero-order valence-electron chi connectivity index (χ0n) is 21.6. The highest BCUT2D eigenvalue weighted by Gasteiger charge is 2.39. The lowest BCUT2D eigenvalue weighted by molar-refractivity contribution is -0.122. The van der Waals surface area contributed by atoms with Gasteiger partial charge in [-0.2, -0.15) is 0 Å². The van der Waals surface area contributed by atoms with Crippen LogP contribution in [0.1, 0.15) is 62.8 Å². The van der Waals surface area contributed by atoms with E-state index in [0.29, 0.717) is 42.3 Å². The van der Waals surface area contributed by atoms with Gasteiger partial charge in [-0.1, -0.05) is 63.6 Å². The third kappa shape index (κ3) is 5.39. The summed E-state index contributed by atoms with van der Waals surface area (Å²) < 4.78 is 0. The molecule has 0 aromatic heterocycles. The first kappa shape index (κ1) is 24.9. The molecular formula is C30H42N2O2. The number of nitrogens with one attached hydrogen (secondary N) is 1. The monoisotopic (exact) mass is 462 g/mol. The van der Waals surface area contributed by atoms with E-state index in [0.717, 1.165) is 38.0 Å². The average Bonchev–Trinajstić information content (AvgIpc) is 2.80. The molecule has 1 fully saturated rings. The van der Waals surface area contributed by atoms with Crippen LogP contribution >= 0.6 is 0 Å². The number of Topliss-reactive ketones (excluding diaryl/α,β-unsaturated/α-hetero) is 1. The molecule has 4 nitrogen and oxygen atoms in total. The zero-order valence-corrected chi connectivity index (χ0v) is 21.6. The number of carbonyl (C=O) groups excluding carboxylic acids is 1. The van der Waals surface area contributed by atoms with Crippen LogP contribution in [0.15, 0.2) is 42.5 Å². The van der Waals surface area contributed by atoms with Gasteiger partial charge < -0.3 is 15.3 Å². The van der Waals surface area contributed by atoms with Gasteiger partial charge in [0, 0.05) is 26.1 Å². The summed E-state index contributed by atoms with van der Waals surface area (Å²) in [6.45, 7) is 15.3. The zero-order chi connectivity index (χ0) is 24.5. The Bertz CT molecular complexity index is 1020. The minimum Gasteiger partial charge on any atom is -0.508 e. The molecule has 4 heteroatoms. The molecule has 2 N–H and O–H groups in total. The van der Waals surface area contributed by atoms with E-state index in [2.05, 4.69) is 69.1 Å². The third-order valence-electron chi connectivity index (χ3n) is 8.68. The van der Waals surface area contributed by atoms with Gasteiger partial charge in [-0.25, -0.2) is 0 Å². The van der Waals surface area contributed by atoms with Gasteiger partial charge in [-0.05, 0) is 78.3 Å². The smallest absolute Gasteiger partial charge is 0.150 e. The first-order valence-electron chi connectivity index (χ1n) is 13.0. The number of rotatable bonds is 7. The highest BCUT2D eigenvalue weighted by molar-refractivity contribution is 5.85. The topological polar surface area (TPSA) is 52.6 Å². The van der Waals surface area contributed by atoms with Gasteiger partial charge in [0.1, 0.15) is 11.5 Å². The standard InChI is InChI=1S/C30H42N2O2/c1-20(2)25(16-29(34)28-15-23-9-10-27(33)14-24(23)17-31-28)19-32-12-11-30(5,22(4)18-32)26-8-6-7-21(3)13-26/h6-10,13-14,20,22,25,28,31,33H,11-12,15-19H2,1-5H3/t22-,25+,28+,30+/m0/s1. The predicted molar refractivity (Wildman–Crippen MR) is 139 cm³/mol. The Morgan fingerprint density at radius 2 is 2.00 bits per heavy atom. The molecule has 4 atom stereocenters. The fraction of sp³-hybridized carbons (Fsp3) is 0.567. The van der Waals surface area contributed by atoms with Crippen LogP contribution in [0, 0.1) is 24.7 Å². The van der Waals surface area contributed by atoms with Gasteiger partial charge in [0.15, 0.2) is 0 Å². The minimum absolute atomic E-state index is 0.122. The summed E-state index contributed by atoms with van der Waals surface area (Å²) in [7, 11) is 0. The summed E-state index contributed by atoms with van der Waals surface area (Å²) in [6.07, 6.45) is 2.50. The number of likely N-dealkylation sites (tertiary alicyclic amines) is 1. The molecular weight excluding hydrogens is 420 g/mol. The van der Waals surface area contributed by atoms with Crippen LogP contribution in [0.5, 0.6) is 5.75 Å². The number of carbonyl (C=O) groups is 1. The highest BCUT2D eigenvalue weighted by Crippen LogP contribution is 2.40. The summed E-state index contributed by atoms with van der Waals surface area (Å²) in [6, 6.07) is 14.4. The largest absolute Gasteiger partial charge is 0.508 e. The minimum atomic E-state index is -0.122. The van der Waals surface area contributed by atoms with Crippen LogP contribution < -0.4 is 5.32 Å². The number of ketones is 1. The Morgan fingerprint density at radius 3 is 2.71 bits per heavy atom. The molecule has 0 amide bonds. The van der Waals surface area contributed by atoms with Gasteiger partial charge in [0.25, 0.3) is 0 Å². The van der Waals surface area contributed by atoms with Crippen LogP contribution in [0.25, 0.3) is 0 Å². The number of fused-ring (bicyclic) bond motifs is 1. The van der Waals surface area contributed by atoms with Crippen LogP contribution in [-0.2, 0) is 23.2 Å². The molecule has 2 heterocycles. The first-order valence-corrected chi connectivity index (χ1v) is 13.0. The normalized spacial score (nSPS) is 26.3. The van der Waals surface area contributed by atoms with E-state index in [1.165, 1.54) is 16.7 Å². The predicted octanol–water partition coefficient (Wildman–Crippen LogP) is 5.25. The Balaban J connectivity index is 1.36. The van der Waals surface area contributed by atoms with Crippen molar-refractivity contribution in [3.8, 4) is 5.75 Å². The second-order valence-corrected chi connectivity index (χ2v) is 11.5. The molecule has 2 aromatic carbocycles. The van der Waals surface area contributed by atoms with Crippen molar-refractivity contribution in [2.75, 3.05) is 19.6 Å². The van der Waals surface area contributed by atoms with Crippen molar-refractivity contribution in [1.82, 2.24) is 10.2 Å². The van der Waals surface area contributed by atoms with Crippen molar-refractivity contribution in [3.63, 3.8) is 0 Å². The SMILES string of the molecule is Cc1cccc([C@]2(C)CCN(C[C@@H](CC(=O)[C@H]3Cc4ccc(O)cc4CN3)C(C)C)C[C@@H]2C)c1. The molecule has 2 aliphatic rings. The van der Waals surface area contributed by atoms with Gasteiger partial charge >= 0.3 is 0 Å². The van der Waals surface area contributed by atoms with Crippen LogP contribution in [0.3, 0.4) is 0 Å². The van der Waals surface area contributed by atoms with E-state index in [1.54, 1.807) is 6.07 Å². The first-order chi connectivity index (χ1) is 16.2. The molecule has 1 saturated heterocycles. The Hall–Kier alpha value is -2.17. The number of nitrogens with zero attached hydrogens (tertiary/aromatic N) is 1. The van der Waals surface area contributed by atoms with Gasteiger partial charge in [0.2, 0.25) is 0 Å². The fourth-order valence-electron chi connectivity index (χ4n) is 5.88. The second-order valence-electron chi connectivity index (χ2n) is 11.5. The van der Waals surface area contributed by atoms with Gasteiger partial charge in [-0.3, -0.25) is 4.79 Å². The maximum Gasteiger partial charge on any atom is 0.150 e. The second kappa shape index (κ2) is 10.2. The van der Waals surface area contributed by atoms with Crippen LogP contribution in [-0.4, -0.2) is 41.5 Å². The number of aromatic hydroxyl groups is 1. The highest BCUT2D eigenvalue weighted by atomic mass is 16.3. The van der Waals surface area contributed by atoms with Crippen molar-refractivity contribution in [1.29, 1.82) is 0 Å². The summed E-state index contributed by atoms with van der Waals surface area (Å²) in [5.41, 5.74) is 5.29.